The molecule has 26 heavy (non-hydrogen) atoms. The third kappa shape index (κ3) is 4.67. The Bertz CT molecular complexity index is 709. The van der Waals surface area contributed by atoms with Crippen LogP contribution in [-0.2, 0) is 19.3 Å². The summed E-state index contributed by atoms with van der Waals surface area (Å²) in [5.41, 5.74) is 11.9. The molecule has 0 radical (unpaired) electrons. The minimum absolute atomic E-state index is 0.518. The molecule has 2 heteroatoms. The van der Waals surface area contributed by atoms with E-state index in [2.05, 4.69) is 49.4 Å². The molecule has 0 amide bonds. The van der Waals surface area contributed by atoms with Crippen molar-refractivity contribution in [3.05, 3.63) is 64.7 Å². The van der Waals surface area contributed by atoms with E-state index < -0.39 is 0 Å². The van der Waals surface area contributed by atoms with Crippen LogP contribution in [0.3, 0.4) is 0 Å². The zero-order valence-electron chi connectivity index (χ0n) is 16.3. The zero-order valence-corrected chi connectivity index (χ0v) is 16.3. The lowest BCUT2D eigenvalue weighted by Gasteiger charge is -2.26. The summed E-state index contributed by atoms with van der Waals surface area (Å²) in [4.78, 5) is 0. The topological polar surface area (TPSA) is 35.2 Å². The van der Waals surface area contributed by atoms with E-state index in [1.807, 2.05) is 6.92 Å². The lowest BCUT2D eigenvalue weighted by Crippen LogP contribution is -2.18. The molecule has 0 saturated heterocycles. The van der Waals surface area contributed by atoms with Crippen LogP contribution < -0.4 is 10.5 Å². The van der Waals surface area contributed by atoms with Crippen molar-refractivity contribution in [2.75, 3.05) is 13.2 Å². The number of aryl methyl sites for hydroxylation is 1. The van der Waals surface area contributed by atoms with Crippen molar-refractivity contribution in [1.82, 2.24) is 0 Å². The van der Waals surface area contributed by atoms with Gasteiger partial charge in [-0.15, -0.1) is 0 Å². The van der Waals surface area contributed by atoms with Crippen LogP contribution in [-0.4, -0.2) is 13.2 Å². The Hall–Kier alpha value is -1.80. The first-order valence-corrected chi connectivity index (χ1v) is 10.3. The number of rotatable bonds is 8. The molecule has 0 aliphatic heterocycles. The summed E-state index contributed by atoms with van der Waals surface area (Å²) < 4.78 is 5.65. The van der Waals surface area contributed by atoms with Gasteiger partial charge in [-0.3, -0.25) is 0 Å². The van der Waals surface area contributed by atoms with Crippen LogP contribution in [0.4, 0.5) is 0 Å². The van der Waals surface area contributed by atoms with Crippen LogP contribution in [0.2, 0.25) is 0 Å². The third-order valence-corrected chi connectivity index (χ3v) is 5.69. The second-order valence-electron chi connectivity index (χ2n) is 7.64. The zero-order chi connectivity index (χ0) is 18.4. The first-order chi connectivity index (χ1) is 12.7. The lowest BCUT2D eigenvalue weighted by atomic mass is 9.79. The summed E-state index contributed by atoms with van der Waals surface area (Å²) in [6, 6.07) is 15.7. The third-order valence-electron chi connectivity index (χ3n) is 5.69. The number of nitrogens with two attached hydrogens (primary N) is 1. The van der Waals surface area contributed by atoms with E-state index in [4.69, 9.17) is 10.5 Å². The van der Waals surface area contributed by atoms with E-state index in [0.717, 1.165) is 31.2 Å². The fourth-order valence-electron chi connectivity index (χ4n) is 4.31. The number of ether oxygens (including phenoxy) is 1. The van der Waals surface area contributed by atoms with Gasteiger partial charge in [0.15, 0.2) is 0 Å². The van der Waals surface area contributed by atoms with Gasteiger partial charge in [0.05, 0.1) is 6.61 Å². The van der Waals surface area contributed by atoms with E-state index in [1.54, 1.807) is 11.1 Å². The molecule has 2 aromatic rings. The highest BCUT2D eigenvalue weighted by atomic mass is 16.5. The predicted octanol–water partition coefficient (Wildman–Crippen LogP) is 5.28. The largest absolute Gasteiger partial charge is 0.494 e. The van der Waals surface area contributed by atoms with E-state index in [0.29, 0.717) is 5.92 Å². The number of hydrogen-bond donors (Lipinski definition) is 1. The van der Waals surface area contributed by atoms with E-state index in [-0.39, 0.29) is 0 Å². The van der Waals surface area contributed by atoms with Gasteiger partial charge in [0.2, 0.25) is 0 Å². The first kappa shape index (κ1) is 19.0. The Kier molecular flexibility index (Phi) is 6.73. The Morgan fingerprint density at radius 2 is 2.00 bits per heavy atom. The first-order valence-electron chi connectivity index (χ1n) is 10.3. The Labute approximate surface area is 158 Å². The number of benzene rings is 2. The summed E-state index contributed by atoms with van der Waals surface area (Å²) in [6.07, 6.45) is 7.19. The van der Waals surface area contributed by atoms with Gasteiger partial charge < -0.3 is 10.5 Å². The Balaban J connectivity index is 1.67. The second kappa shape index (κ2) is 9.23. The Morgan fingerprint density at radius 3 is 2.77 bits per heavy atom. The SMILES string of the molecule is CCCC(CN)c1ccc2c(c1)CCC(Cc1cccc(OCC)c1)C2. The van der Waals surface area contributed by atoms with E-state index in [9.17, 15) is 0 Å². The van der Waals surface area contributed by atoms with Crippen LogP contribution in [0, 0.1) is 5.92 Å². The minimum Gasteiger partial charge on any atom is -0.494 e. The van der Waals surface area contributed by atoms with Crippen LogP contribution >= 0.6 is 0 Å². The van der Waals surface area contributed by atoms with Crippen LogP contribution in [0.15, 0.2) is 42.5 Å². The predicted molar refractivity (Wildman–Crippen MR) is 110 cm³/mol. The molecule has 140 valence electrons. The fraction of sp³-hybridized carbons (Fsp3) is 0.500. The summed E-state index contributed by atoms with van der Waals surface area (Å²) in [5, 5.41) is 0. The van der Waals surface area contributed by atoms with Gasteiger partial charge in [-0.25, -0.2) is 0 Å². The van der Waals surface area contributed by atoms with Gasteiger partial charge in [-0.2, -0.15) is 0 Å². The highest BCUT2D eigenvalue weighted by Crippen LogP contribution is 2.31. The molecule has 2 nitrogen and oxygen atoms in total. The molecule has 0 heterocycles. The molecular weight excluding hydrogens is 318 g/mol. The van der Waals surface area contributed by atoms with E-state index >= 15 is 0 Å². The van der Waals surface area contributed by atoms with Gasteiger partial charge in [0.1, 0.15) is 5.75 Å². The maximum Gasteiger partial charge on any atom is 0.119 e. The average Bonchev–Trinajstić information content (AvgIpc) is 2.66. The molecule has 0 bridgehead atoms. The molecule has 3 rings (SSSR count). The molecular formula is C24H33NO. The fourth-order valence-corrected chi connectivity index (χ4v) is 4.31. The standard InChI is InChI=1S/C24H33NO/c1-3-6-23(17-25)22-12-11-20-14-19(9-10-21(20)16-22)13-18-7-5-8-24(15-18)26-4-2/h5,7-8,11-12,15-16,19,23H,3-4,6,9-10,13-14,17,25H2,1-2H3. The maximum atomic E-state index is 6.00. The average molecular weight is 352 g/mol. The summed E-state index contributed by atoms with van der Waals surface area (Å²) >= 11 is 0. The van der Waals surface area contributed by atoms with Crippen LogP contribution in [0.5, 0.6) is 5.75 Å². The quantitative estimate of drug-likeness (QED) is 0.702. The Morgan fingerprint density at radius 1 is 1.12 bits per heavy atom. The second-order valence-corrected chi connectivity index (χ2v) is 7.64. The molecule has 1 aliphatic carbocycles. The lowest BCUT2D eigenvalue weighted by molar-refractivity contribution is 0.339. The van der Waals surface area contributed by atoms with Gasteiger partial charge in [-0.05, 0) is 91.8 Å². The van der Waals surface area contributed by atoms with Crippen molar-refractivity contribution in [2.45, 2.75) is 58.3 Å². The highest BCUT2D eigenvalue weighted by molar-refractivity contribution is 5.36. The molecule has 2 atom stereocenters. The number of hydrogen-bond acceptors (Lipinski definition) is 2. The van der Waals surface area contributed by atoms with Crippen molar-refractivity contribution in [3.63, 3.8) is 0 Å². The summed E-state index contributed by atoms with van der Waals surface area (Å²) in [6.45, 7) is 5.76. The monoisotopic (exact) mass is 351 g/mol. The smallest absolute Gasteiger partial charge is 0.119 e. The van der Waals surface area contributed by atoms with Gasteiger partial charge in [0.25, 0.3) is 0 Å². The maximum absolute atomic E-state index is 6.00. The minimum atomic E-state index is 0.518. The summed E-state index contributed by atoms with van der Waals surface area (Å²) in [7, 11) is 0. The van der Waals surface area contributed by atoms with Crippen molar-refractivity contribution in [3.8, 4) is 5.75 Å². The van der Waals surface area contributed by atoms with Crippen LogP contribution in [0.1, 0.15) is 61.3 Å². The van der Waals surface area contributed by atoms with Crippen LogP contribution in [0.25, 0.3) is 0 Å². The van der Waals surface area contributed by atoms with Crippen molar-refractivity contribution < 1.29 is 4.74 Å². The number of fused-ring (bicyclic) bond motifs is 1. The van der Waals surface area contributed by atoms with E-state index in [1.165, 1.54) is 43.2 Å². The van der Waals surface area contributed by atoms with Crippen molar-refractivity contribution in [2.24, 2.45) is 11.7 Å². The molecule has 1 aliphatic rings. The van der Waals surface area contributed by atoms with Crippen molar-refractivity contribution in [1.29, 1.82) is 0 Å². The van der Waals surface area contributed by atoms with Gasteiger partial charge >= 0.3 is 0 Å². The molecule has 2 unspecified atom stereocenters. The summed E-state index contributed by atoms with van der Waals surface area (Å²) in [5.74, 6) is 2.24. The molecule has 0 spiro atoms. The van der Waals surface area contributed by atoms with Gasteiger partial charge in [-0.1, -0.05) is 43.7 Å². The van der Waals surface area contributed by atoms with Crippen molar-refractivity contribution >= 4 is 0 Å². The highest BCUT2D eigenvalue weighted by Gasteiger charge is 2.20. The molecule has 0 aromatic heterocycles. The molecule has 0 saturated carbocycles. The van der Waals surface area contributed by atoms with Gasteiger partial charge in [0, 0.05) is 0 Å². The normalized spacial score (nSPS) is 17.6. The molecule has 2 aromatic carbocycles. The molecule has 0 fully saturated rings. The molecule has 2 N–H and O–H groups in total.